The average molecular weight is 277 g/mol. The van der Waals surface area contributed by atoms with Gasteiger partial charge >= 0.3 is 0 Å². The highest BCUT2D eigenvalue weighted by Gasteiger charge is 2.04. The summed E-state index contributed by atoms with van der Waals surface area (Å²) in [6, 6.07) is 12.2. The van der Waals surface area contributed by atoms with E-state index in [-0.39, 0.29) is 0 Å². The maximum absolute atomic E-state index is 5.66. The number of hydrogen-bond acceptors (Lipinski definition) is 4. The van der Waals surface area contributed by atoms with E-state index in [1.165, 1.54) is 4.88 Å². The summed E-state index contributed by atoms with van der Waals surface area (Å²) in [6.07, 6.45) is 0. The fourth-order valence-electron chi connectivity index (χ4n) is 1.75. The Balaban J connectivity index is 1.68. The molecule has 2 aromatic rings. The van der Waals surface area contributed by atoms with Crippen LogP contribution in [0.25, 0.3) is 0 Å². The lowest BCUT2D eigenvalue weighted by Crippen LogP contribution is -2.23. The summed E-state index contributed by atoms with van der Waals surface area (Å²) in [5.74, 6) is 1.71. The standard InChI is InChI=1S/C15H19NO2S/c1-12(15-4-3-11-19-15)16-9-10-18-14-7-5-13(17-2)6-8-14/h3-8,11-12,16H,9-10H2,1-2H3/t12-/m0/s1. The zero-order valence-corrected chi connectivity index (χ0v) is 12.1. The van der Waals surface area contributed by atoms with E-state index in [2.05, 4.69) is 29.8 Å². The fourth-order valence-corrected chi connectivity index (χ4v) is 2.51. The largest absolute Gasteiger partial charge is 0.497 e. The quantitative estimate of drug-likeness (QED) is 0.786. The number of ether oxygens (including phenoxy) is 2. The van der Waals surface area contributed by atoms with Crippen molar-refractivity contribution >= 4 is 11.3 Å². The van der Waals surface area contributed by atoms with Crippen molar-refractivity contribution in [2.75, 3.05) is 20.3 Å². The molecule has 0 aliphatic heterocycles. The van der Waals surface area contributed by atoms with Gasteiger partial charge < -0.3 is 14.8 Å². The molecule has 0 fully saturated rings. The summed E-state index contributed by atoms with van der Waals surface area (Å²) in [6.45, 7) is 3.65. The van der Waals surface area contributed by atoms with Crippen LogP contribution in [0.3, 0.4) is 0 Å². The van der Waals surface area contributed by atoms with Gasteiger partial charge in [0.15, 0.2) is 0 Å². The first-order valence-electron chi connectivity index (χ1n) is 6.33. The van der Waals surface area contributed by atoms with Gasteiger partial charge in [0, 0.05) is 17.5 Å². The van der Waals surface area contributed by atoms with Crippen molar-refractivity contribution in [2.24, 2.45) is 0 Å². The minimum atomic E-state index is 0.375. The predicted octanol–water partition coefficient (Wildman–Crippen LogP) is 3.49. The summed E-state index contributed by atoms with van der Waals surface area (Å²) in [7, 11) is 1.66. The molecule has 0 amide bonds. The fraction of sp³-hybridized carbons (Fsp3) is 0.333. The SMILES string of the molecule is COc1ccc(OCCN[C@@H](C)c2cccs2)cc1. The van der Waals surface area contributed by atoms with Gasteiger partial charge in [-0.05, 0) is 42.6 Å². The molecule has 4 heteroatoms. The lowest BCUT2D eigenvalue weighted by atomic mass is 10.3. The molecule has 1 atom stereocenters. The van der Waals surface area contributed by atoms with Crippen LogP contribution >= 0.6 is 11.3 Å². The van der Waals surface area contributed by atoms with Gasteiger partial charge in [-0.2, -0.15) is 0 Å². The van der Waals surface area contributed by atoms with Crippen LogP contribution < -0.4 is 14.8 Å². The molecule has 1 aromatic carbocycles. The molecular weight excluding hydrogens is 258 g/mol. The molecule has 19 heavy (non-hydrogen) atoms. The maximum atomic E-state index is 5.66. The molecule has 0 bridgehead atoms. The number of methoxy groups -OCH3 is 1. The van der Waals surface area contributed by atoms with Gasteiger partial charge in [-0.1, -0.05) is 6.07 Å². The van der Waals surface area contributed by atoms with Gasteiger partial charge in [-0.15, -0.1) is 11.3 Å². The van der Waals surface area contributed by atoms with Crippen LogP contribution in [-0.4, -0.2) is 20.3 Å². The number of nitrogens with one attached hydrogen (secondary N) is 1. The van der Waals surface area contributed by atoms with Crippen molar-refractivity contribution in [1.82, 2.24) is 5.32 Å². The van der Waals surface area contributed by atoms with Crippen molar-refractivity contribution in [1.29, 1.82) is 0 Å². The van der Waals surface area contributed by atoms with Gasteiger partial charge in [0.05, 0.1) is 7.11 Å². The van der Waals surface area contributed by atoms with Crippen molar-refractivity contribution in [3.05, 3.63) is 46.7 Å². The molecule has 1 N–H and O–H groups in total. The van der Waals surface area contributed by atoms with Gasteiger partial charge in [-0.3, -0.25) is 0 Å². The molecule has 3 nitrogen and oxygen atoms in total. The summed E-state index contributed by atoms with van der Waals surface area (Å²) in [5, 5.41) is 5.54. The molecule has 102 valence electrons. The van der Waals surface area contributed by atoms with E-state index in [1.807, 2.05) is 24.3 Å². The number of hydrogen-bond donors (Lipinski definition) is 1. The Kier molecular flexibility index (Phi) is 5.24. The van der Waals surface area contributed by atoms with E-state index in [0.717, 1.165) is 18.0 Å². The Labute approximate surface area is 118 Å². The molecule has 0 saturated carbocycles. The van der Waals surface area contributed by atoms with Crippen LogP contribution in [0.4, 0.5) is 0 Å². The molecule has 1 heterocycles. The third kappa shape index (κ3) is 4.26. The molecule has 0 unspecified atom stereocenters. The second-order valence-electron chi connectivity index (χ2n) is 4.22. The summed E-state index contributed by atoms with van der Waals surface area (Å²) in [5.41, 5.74) is 0. The van der Waals surface area contributed by atoms with E-state index in [4.69, 9.17) is 9.47 Å². The third-order valence-corrected chi connectivity index (χ3v) is 3.91. The van der Waals surface area contributed by atoms with Gasteiger partial charge in [-0.25, -0.2) is 0 Å². The Bertz CT molecular complexity index is 467. The lowest BCUT2D eigenvalue weighted by molar-refractivity contribution is 0.307. The topological polar surface area (TPSA) is 30.5 Å². The van der Waals surface area contributed by atoms with Crippen molar-refractivity contribution in [2.45, 2.75) is 13.0 Å². The zero-order valence-electron chi connectivity index (χ0n) is 11.3. The number of rotatable bonds is 7. The highest BCUT2D eigenvalue weighted by Crippen LogP contribution is 2.18. The van der Waals surface area contributed by atoms with Crippen LogP contribution in [0.5, 0.6) is 11.5 Å². The molecular formula is C15H19NO2S. The monoisotopic (exact) mass is 277 g/mol. The second-order valence-corrected chi connectivity index (χ2v) is 5.19. The van der Waals surface area contributed by atoms with Crippen LogP contribution in [0, 0.1) is 0 Å². The minimum absolute atomic E-state index is 0.375. The van der Waals surface area contributed by atoms with Gasteiger partial charge in [0.2, 0.25) is 0 Å². The van der Waals surface area contributed by atoms with Gasteiger partial charge in [0.25, 0.3) is 0 Å². The van der Waals surface area contributed by atoms with Crippen LogP contribution in [0.1, 0.15) is 17.8 Å². The Hall–Kier alpha value is -1.52. The molecule has 1 aromatic heterocycles. The van der Waals surface area contributed by atoms with Crippen molar-refractivity contribution in [3.8, 4) is 11.5 Å². The third-order valence-electron chi connectivity index (χ3n) is 2.85. The number of thiophene rings is 1. The summed E-state index contributed by atoms with van der Waals surface area (Å²) < 4.78 is 10.8. The zero-order chi connectivity index (χ0) is 13.5. The Morgan fingerprint density at radius 3 is 2.53 bits per heavy atom. The Morgan fingerprint density at radius 2 is 1.89 bits per heavy atom. The van der Waals surface area contributed by atoms with E-state index in [1.54, 1.807) is 18.4 Å². The molecule has 0 radical (unpaired) electrons. The van der Waals surface area contributed by atoms with Crippen molar-refractivity contribution in [3.63, 3.8) is 0 Å². The van der Waals surface area contributed by atoms with E-state index in [9.17, 15) is 0 Å². The highest BCUT2D eigenvalue weighted by molar-refractivity contribution is 7.10. The van der Waals surface area contributed by atoms with E-state index >= 15 is 0 Å². The normalized spacial score (nSPS) is 12.1. The number of benzene rings is 1. The maximum Gasteiger partial charge on any atom is 0.119 e. The second kappa shape index (κ2) is 7.16. The molecule has 2 rings (SSSR count). The molecule has 0 saturated heterocycles. The first-order chi connectivity index (χ1) is 9.29. The van der Waals surface area contributed by atoms with Crippen LogP contribution in [-0.2, 0) is 0 Å². The minimum Gasteiger partial charge on any atom is -0.497 e. The Morgan fingerprint density at radius 1 is 1.16 bits per heavy atom. The first kappa shape index (κ1) is 13.9. The molecule has 0 aliphatic carbocycles. The highest BCUT2D eigenvalue weighted by atomic mass is 32.1. The lowest BCUT2D eigenvalue weighted by Gasteiger charge is -2.12. The van der Waals surface area contributed by atoms with Crippen molar-refractivity contribution < 1.29 is 9.47 Å². The van der Waals surface area contributed by atoms with Crippen LogP contribution in [0.2, 0.25) is 0 Å². The molecule has 0 spiro atoms. The van der Waals surface area contributed by atoms with E-state index < -0.39 is 0 Å². The average Bonchev–Trinajstić information content (AvgIpc) is 2.98. The summed E-state index contributed by atoms with van der Waals surface area (Å²) in [4.78, 5) is 1.35. The summed E-state index contributed by atoms with van der Waals surface area (Å²) >= 11 is 1.77. The predicted molar refractivity (Wildman–Crippen MR) is 79.2 cm³/mol. The smallest absolute Gasteiger partial charge is 0.119 e. The first-order valence-corrected chi connectivity index (χ1v) is 7.21. The van der Waals surface area contributed by atoms with Crippen LogP contribution in [0.15, 0.2) is 41.8 Å². The molecule has 0 aliphatic rings. The van der Waals surface area contributed by atoms with Gasteiger partial charge in [0.1, 0.15) is 18.1 Å². The van der Waals surface area contributed by atoms with E-state index in [0.29, 0.717) is 12.6 Å².